The third-order valence-corrected chi connectivity index (χ3v) is 5.24. The number of hydrogen-bond donors (Lipinski definition) is 2. The van der Waals surface area contributed by atoms with E-state index < -0.39 is 16.0 Å². The van der Waals surface area contributed by atoms with E-state index in [2.05, 4.69) is 5.32 Å². The van der Waals surface area contributed by atoms with Gasteiger partial charge in [0.1, 0.15) is 0 Å². The number of rotatable bonds is 6. The number of carboxylic acids is 1. The molecule has 0 radical (unpaired) electrons. The van der Waals surface area contributed by atoms with Crippen molar-refractivity contribution in [2.45, 2.75) is 24.7 Å². The maximum atomic E-state index is 12.5. The van der Waals surface area contributed by atoms with Crippen molar-refractivity contribution in [2.75, 3.05) is 18.4 Å². The maximum Gasteiger partial charge on any atom is 0.304 e. The van der Waals surface area contributed by atoms with Crippen molar-refractivity contribution in [2.24, 2.45) is 0 Å². The third kappa shape index (κ3) is 3.22. The van der Waals surface area contributed by atoms with Crippen LogP contribution in [0.5, 0.6) is 0 Å². The lowest BCUT2D eigenvalue weighted by molar-refractivity contribution is -0.137. The highest BCUT2D eigenvalue weighted by molar-refractivity contribution is 7.89. The van der Waals surface area contributed by atoms with E-state index >= 15 is 0 Å². The van der Waals surface area contributed by atoms with E-state index in [9.17, 15) is 18.0 Å². The number of benzene rings is 1. The van der Waals surface area contributed by atoms with Crippen molar-refractivity contribution >= 4 is 27.6 Å². The monoisotopic (exact) mass is 312 g/mol. The van der Waals surface area contributed by atoms with Crippen LogP contribution in [0.4, 0.5) is 5.69 Å². The Labute approximate surface area is 122 Å². The predicted octanol–water partition coefficient (Wildman–Crippen LogP) is 0.666. The van der Waals surface area contributed by atoms with Crippen LogP contribution in [0.25, 0.3) is 0 Å². The minimum Gasteiger partial charge on any atom is -0.481 e. The molecule has 1 amide bonds. The highest BCUT2D eigenvalue weighted by Crippen LogP contribution is 2.27. The molecule has 114 valence electrons. The summed E-state index contributed by atoms with van der Waals surface area (Å²) in [5, 5.41) is 11.3. The van der Waals surface area contributed by atoms with E-state index in [4.69, 9.17) is 5.11 Å². The molecule has 0 bridgehead atoms. The average molecular weight is 312 g/mol. The second-order valence-electron chi connectivity index (χ2n) is 4.68. The lowest BCUT2D eigenvalue weighted by Gasteiger charge is -2.20. The second kappa shape index (κ2) is 5.82. The van der Waals surface area contributed by atoms with Crippen LogP contribution in [0.3, 0.4) is 0 Å². The fourth-order valence-corrected chi connectivity index (χ4v) is 3.68. The van der Waals surface area contributed by atoms with Gasteiger partial charge < -0.3 is 10.4 Å². The molecular weight excluding hydrogens is 296 g/mol. The molecular formula is C13H16N2O5S. The molecule has 2 N–H and O–H groups in total. The Morgan fingerprint density at radius 1 is 1.43 bits per heavy atom. The van der Waals surface area contributed by atoms with Gasteiger partial charge in [-0.2, -0.15) is 4.31 Å². The van der Waals surface area contributed by atoms with Crippen molar-refractivity contribution in [3.63, 3.8) is 0 Å². The summed E-state index contributed by atoms with van der Waals surface area (Å²) < 4.78 is 26.1. The van der Waals surface area contributed by atoms with Gasteiger partial charge in [-0.05, 0) is 23.8 Å². The fourth-order valence-electron chi connectivity index (χ4n) is 2.18. The van der Waals surface area contributed by atoms with Gasteiger partial charge in [0.05, 0.1) is 17.7 Å². The molecule has 1 aliphatic rings. The number of carbonyl (C=O) groups excluding carboxylic acids is 1. The Hall–Kier alpha value is -1.93. The number of carboxylic acid groups (broad SMARTS) is 1. The quantitative estimate of drug-likeness (QED) is 0.803. The number of amides is 1. The summed E-state index contributed by atoms with van der Waals surface area (Å²) in [5.41, 5.74) is 1.25. The number of fused-ring (bicyclic) bond motifs is 1. The minimum atomic E-state index is -3.75. The molecule has 21 heavy (non-hydrogen) atoms. The molecule has 1 aliphatic heterocycles. The first-order valence-electron chi connectivity index (χ1n) is 6.49. The highest BCUT2D eigenvalue weighted by atomic mass is 32.2. The second-order valence-corrected chi connectivity index (χ2v) is 6.62. The summed E-state index contributed by atoms with van der Waals surface area (Å²) in [4.78, 5) is 22.0. The van der Waals surface area contributed by atoms with Crippen molar-refractivity contribution in [1.29, 1.82) is 0 Å². The van der Waals surface area contributed by atoms with Crippen LogP contribution < -0.4 is 5.32 Å². The average Bonchev–Trinajstić information content (AvgIpc) is 2.77. The molecule has 7 nitrogen and oxygen atoms in total. The molecule has 1 heterocycles. The Bertz CT molecular complexity index is 684. The van der Waals surface area contributed by atoms with Gasteiger partial charge in [-0.15, -0.1) is 0 Å². The lowest BCUT2D eigenvalue weighted by Crippen LogP contribution is -2.33. The van der Waals surface area contributed by atoms with Crippen molar-refractivity contribution < 1.29 is 23.1 Å². The van der Waals surface area contributed by atoms with E-state index in [0.717, 1.165) is 4.31 Å². The number of hydrogen-bond acceptors (Lipinski definition) is 4. The van der Waals surface area contributed by atoms with Gasteiger partial charge in [0.25, 0.3) is 0 Å². The van der Waals surface area contributed by atoms with Crippen LogP contribution in [0, 0.1) is 0 Å². The van der Waals surface area contributed by atoms with Crippen LogP contribution in [0.15, 0.2) is 23.1 Å². The van der Waals surface area contributed by atoms with E-state index in [1.807, 2.05) is 0 Å². The van der Waals surface area contributed by atoms with Crippen LogP contribution >= 0.6 is 0 Å². The molecule has 2 rings (SSSR count). The number of sulfonamides is 1. The Kier molecular flexibility index (Phi) is 4.29. The van der Waals surface area contributed by atoms with E-state index in [0.29, 0.717) is 11.3 Å². The Morgan fingerprint density at radius 3 is 2.76 bits per heavy atom. The molecule has 0 saturated heterocycles. The third-order valence-electron chi connectivity index (χ3n) is 3.27. The normalized spacial score (nSPS) is 14.1. The van der Waals surface area contributed by atoms with Gasteiger partial charge in [-0.3, -0.25) is 9.59 Å². The van der Waals surface area contributed by atoms with E-state index in [1.165, 1.54) is 12.1 Å². The van der Waals surface area contributed by atoms with Gasteiger partial charge >= 0.3 is 5.97 Å². The molecule has 0 saturated carbocycles. The fraction of sp³-hybridized carbons (Fsp3) is 0.385. The SMILES string of the molecule is CCN(CCC(=O)O)S(=O)(=O)c1ccc2c(c1)CC(=O)N2. The first-order valence-corrected chi connectivity index (χ1v) is 7.93. The molecule has 1 aromatic rings. The predicted molar refractivity (Wildman–Crippen MR) is 75.5 cm³/mol. The van der Waals surface area contributed by atoms with Gasteiger partial charge in [0.2, 0.25) is 15.9 Å². The number of nitrogens with zero attached hydrogens (tertiary/aromatic N) is 1. The first-order chi connectivity index (χ1) is 9.84. The van der Waals surface area contributed by atoms with Gasteiger partial charge in [0, 0.05) is 18.8 Å². The van der Waals surface area contributed by atoms with Gasteiger partial charge in [-0.25, -0.2) is 8.42 Å². The summed E-state index contributed by atoms with van der Waals surface area (Å²) in [6, 6.07) is 4.44. The van der Waals surface area contributed by atoms with Gasteiger partial charge in [-0.1, -0.05) is 6.92 Å². The summed E-state index contributed by atoms with van der Waals surface area (Å²) in [7, 11) is -3.75. The molecule has 1 aromatic carbocycles. The molecule has 0 aliphatic carbocycles. The summed E-state index contributed by atoms with van der Waals surface area (Å²) in [6.07, 6.45) is -0.0992. The summed E-state index contributed by atoms with van der Waals surface area (Å²) >= 11 is 0. The molecule has 8 heteroatoms. The van der Waals surface area contributed by atoms with Gasteiger partial charge in [0.15, 0.2) is 0 Å². The zero-order chi connectivity index (χ0) is 15.6. The molecule has 0 spiro atoms. The van der Waals surface area contributed by atoms with Crippen LogP contribution in [-0.4, -0.2) is 42.8 Å². The van der Waals surface area contributed by atoms with E-state index in [1.54, 1.807) is 13.0 Å². The molecule has 0 aromatic heterocycles. The van der Waals surface area contributed by atoms with Crippen LogP contribution in [-0.2, 0) is 26.0 Å². The lowest BCUT2D eigenvalue weighted by atomic mass is 10.2. The van der Waals surface area contributed by atoms with Crippen LogP contribution in [0.1, 0.15) is 18.9 Å². The summed E-state index contributed by atoms with van der Waals surface area (Å²) in [5.74, 6) is -1.22. The largest absolute Gasteiger partial charge is 0.481 e. The molecule has 0 fully saturated rings. The zero-order valence-corrected chi connectivity index (χ0v) is 12.3. The number of aliphatic carboxylic acids is 1. The molecule has 0 atom stereocenters. The zero-order valence-electron chi connectivity index (χ0n) is 11.5. The Balaban J connectivity index is 2.28. The standard InChI is InChI=1S/C13H16N2O5S/c1-2-15(6-5-13(17)18)21(19,20)10-3-4-11-9(7-10)8-12(16)14-11/h3-4,7H,2,5-6,8H2,1H3,(H,14,16)(H,17,18). The highest BCUT2D eigenvalue weighted by Gasteiger charge is 2.26. The van der Waals surface area contributed by atoms with Crippen LogP contribution in [0.2, 0.25) is 0 Å². The van der Waals surface area contributed by atoms with E-state index in [-0.39, 0.29) is 36.7 Å². The number of anilines is 1. The van der Waals surface area contributed by atoms with Crippen molar-refractivity contribution in [1.82, 2.24) is 4.31 Å². The minimum absolute atomic E-state index is 0.0741. The summed E-state index contributed by atoms with van der Waals surface area (Å²) in [6.45, 7) is 1.75. The first kappa shape index (κ1) is 15.5. The topological polar surface area (TPSA) is 104 Å². The number of carbonyl (C=O) groups is 2. The number of nitrogens with one attached hydrogen (secondary N) is 1. The smallest absolute Gasteiger partial charge is 0.304 e. The maximum absolute atomic E-state index is 12.5. The Morgan fingerprint density at radius 2 is 2.14 bits per heavy atom. The van der Waals surface area contributed by atoms with Crippen molar-refractivity contribution in [3.05, 3.63) is 23.8 Å². The molecule has 0 unspecified atom stereocenters. The van der Waals surface area contributed by atoms with Crippen molar-refractivity contribution in [3.8, 4) is 0 Å².